The number of ether oxygens (including phenoxy) is 2. The van der Waals surface area contributed by atoms with Gasteiger partial charge in [0.05, 0.1) is 5.92 Å². The Morgan fingerprint density at radius 1 is 1.10 bits per heavy atom. The molecule has 1 aromatic carbocycles. The Morgan fingerprint density at radius 3 is 2.60 bits per heavy atom. The van der Waals surface area contributed by atoms with Gasteiger partial charge in [0.25, 0.3) is 0 Å². The van der Waals surface area contributed by atoms with E-state index in [-0.39, 0.29) is 43.5 Å². The van der Waals surface area contributed by atoms with Gasteiger partial charge in [-0.25, -0.2) is 0 Å². The van der Waals surface area contributed by atoms with Gasteiger partial charge in [-0.05, 0) is 31.9 Å². The normalized spacial score (nSPS) is 22.5. The molecule has 2 aliphatic heterocycles. The molecule has 2 heterocycles. The van der Waals surface area contributed by atoms with Crippen molar-refractivity contribution in [3.05, 3.63) is 18.2 Å². The fraction of sp³-hybridized carbons (Fsp3) is 0.591. The van der Waals surface area contributed by atoms with Gasteiger partial charge in [-0.1, -0.05) is 25.7 Å². The average Bonchev–Trinajstić information content (AvgIpc) is 3.27. The molecule has 0 radical (unpaired) electrons. The van der Waals surface area contributed by atoms with Crippen LogP contribution in [0.5, 0.6) is 11.5 Å². The quantitative estimate of drug-likeness (QED) is 0.718. The second-order valence-electron chi connectivity index (χ2n) is 8.37. The number of fused-ring (bicyclic) bond motifs is 1. The molecular weight excluding hydrogens is 386 g/mol. The molecule has 30 heavy (non-hydrogen) atoms. The Morgan fingerprint density at radius 2 is 1.83 bits per heavy atom. The van der Waals surface area contributed by atoms with Crippen LogP contribution in [0, 0.1) is 5.92 Å². The molecule has 4 rings (SSSR count). The zero-order valence-corrected chi connectivity index (χ0v) is 17.3. The van der Waals surface area contributed by atoms with Gasteiger partial charge in [-0.15, -0.1) is 0 Å². The highest BCUT2D eigenvalue weighted by Crippen LogP contribution is 2.37. The topological polar surface area (TPSA) is 97.0 Å². The molecule has 0 aromatic heterocycles. The maximum atomic E-state index is 12.7. The summed E-state index contributed by atoms with van der Waals surface area (Å²) in [5.74, 6) is 0.202. The van der Waals surface area contributed by atoms with Crippen molar-refractivity contribution in [2.45, 2.75) is 64.0 Å². The minimum atomic E-state index is -0.629. The highest BCUT2D eigenvalue weighted by atomic mass is 16.7. The predicted octanol–water partition coefficient (Wildman–Crippen LogP) is 2.11. The monoisotopic (exact) mass is 415 g/mol. The molecule has 1 aromatic rings. The first kappa shape index (κ1) is 20.5. The van der Waals surface area contributed by atoms with Gasteiger partial charge in [-0.2, -0.15) is 0 Å². The van der Waals surface area contributed by atoms with Gasteiger partial charge in [-0.3, -0.25) is 14.4 Å². The lowest BCUT2D eigenvalue weighted by Crippen LogP contribution is -2.49. The van der Waals surface area contributed by atoms with Gasteiger partial charge in [0.15, 0.2) is 11.5 Å². The Bertz CT molecular complexity index is 819. The first-order valence-corrected chi connectivity index (χ1v) is 10.8. The number of carbonyl (C=O) groups excluding carboxylic acids is 3. The van der Waals surface area contributed by atoms with Crippen LogP contribution in [-0.2, 0) is 14.4 Å². The smallest absolute Gasteiger partial charge is 0.242 e. The van der Waals surface area contributed by atoms with Crippen LogP contribution in [-0.4, -0.2) is 43.1 Å². The molecule has 8 heteroatoms. The number of hydrogen-bond donors (Lipinski definition) is 2. The molecule has 3 aliphatic rings. The van der Waals surface area contributed by atoms with Crippen molar-refractivity contribution in [2.24, 2.45) is 5.92 Å². The SMILES string of the molecule is C[C@H](NC(=O)C1CC(=O)N(c2ccc3c(c2)OCO3)C1)C(=O)NC1CCCCCC1. The Kier molecular flexibility index (Phi) is 6.11. The molecule has 8 nitrogen and oxygen atoms in total. The zero-order valence-electron chi connectivity index (χ0n) is 17.3. The van der Waals surface area contributed by atoms with E-state index in [0.29, 0.717) is 17.2 Å². The predicted molar refractivity (Wildman–Crippen MR) is 110 cm³/mol. The van der Waals surface area contributed by atoms with E-state index in [1.807, 2.05) is 0 Å². The van der Waals surface area contributed by atoms with E-state index in [2.05, 4.69) is 10.6 Å². The molecule has 1 aliphatic carbocycles. The second-order valence-corrected chi connectivity index (χ2v) is 8.37. The van der Waals surface area contributed by atoms with Gasteiger partial charge in [0.1, 0.15) is 6.04 Å². The molecule has 2 atom stereocenters. The Balaban J connectivity index is 1.31. The van der Waals surface area contributed by atoms with Crippen molar-refractivity contribution in [1.29, 1.82) is 0 Å². The van der Waals surface area contributed by atoms with Crippen molar-refractivity contribution in [3.63, 3.8) is 0 Å². The maximum absolute atomic E-state index is 12.7. The number of nitrogens with one attached hydrogen (secondary N) is 2. The third kappa shape index (κ3) is 4.52. The summed E-state index contributed by atoms with van der Waals surface area (Å²) < 4.78 is 10.7. The van der Waals surface area contributed by atoms with E-state index in [0.717, 1.165) is 25.7 Å². The molecule has 162 valence electrons. The molecule has 1 unspecified atom stereocenters. The van der Waals surface area contributed by atoms with Crippen LogP contribution >= 0.6 is 0 Å². The summed E-state index contributed by atoms with van der Waals surface area (Å²) in [6.07, 6.45) is 6.80. The first-order valence-electron chi connectivity index (χ1n) is 10.8. The Labute approximate surface area is 176 Å². The van der Waals surface area contributed by atoms with Crippen molar-refractivity contribution < 1.29 is 23.9 Å². The number of nitrogens with zero attached hydrogens (tertiary/aromatic N) is 1. The van der Waals surface area contributed by atoms with Crippen LogP contribution in [0.4, 0.5) is 5.69 Å². The van der Waals surface area contributed by atoms with E-state index < -0.39 is 12.0 Å². The van der Waals surface area contributed by atoms with Crippen molar-refractivity contribution in [2.75, 3.05) is 18.2 Å². The molecular formula is C22H29N3O5. The number of hydrogen-bond acceptors (Lipinski definition) is 5. The van der Waals surface area contributed by atoms with Crippen LogP contribution < -0.4 is 25.0 Å². The standard InChI is InChI=1S/C22H29N3O5/c1-14(21(27)24-16-6-4-2-3-5-7-16)23-22(28)15-10-20(26)25(12-15)17-8-9-18-19(11-17)30-13-29-18/h8-9,11,14-16H,2-7,10,12-13H2,1H3,(H,23,28)(H,24,27)/t14-,15?/m0/s1. The van der Waals surface area contributed by atoms with Crippen LogP contribution in [0.3, 0.4) is 0 Å². The van der Waals surface area contributed by atoms with Gasteiger partial charge in [0.2, 0.25) is 24.5 Å². The fourth-order valence-corrected chi connectivity index (χ4v) is 4.33. The molecule has 2 fully saturated rings. The summed E-state index contributed by atoms with van der Waals surface area (Å²) in [6, 6.07) is 4.86. The van der Waals surface area contributed by atoms with Gasteiger partial charge in [0, 0.05) is 30.8 Å². The number of benzene rings is 1. The van der Waals surface area contributed by atoms with Crippen molar-refractivity contribution in [1.82, 2.24) is 10.6 Å². The van der Waals surface area contributed by atoms with Crippen LogP contribution in [0.2, 0.25) is 0 Å². The van der Waals surface area contributed by atoms with Gasteiger partial charge >= 0.3 is 0 Å². The molecule has 0 bridgehead atoms. The van der Waals surface area contributed by atoms with E-state index >= 15 is 0 Å². The fourth-order valence-electron chi connectivity index (χ4n) is 4.33. The van der Waals surface area contributed by atoms with E-state index in [9.17, 15) is 14.4 Å². The van der Waals surface area contributed by atoms with E-state index in [1.54, 1.807) is 30.0 Å². The highest BCUT2D eigenvalue weighted by molar-refractivity contribution is 6.01. The van der Waals surface area contributed by atoms with Crippen LogP contribution in [0.1, 0.15) is 51.9 Å². The number of amides is 3. The summed E-state index contributed by atoms with van der Waals surface area (Å²) in [7, 11) is 0. The van der Waals surface area contributed by atoms with E-state index in [4.69, 9.17) is 9.47 Å². The number of anilines is 1. The minimum Gasteiger partial charge on any atom is -0.454 e. The number of rotatable bonds is 5. The highest BCUT2D eigenvalue weighted by Gasteiger charge is 2.36. The van der Waals surface area contributed by atoms with Gasteiger partial charge < -0.3 is 25.0 Å². The lowest BCUT2D eigenvalue weighted by atomic mass is 10.1. The maximum Gasteiger partial charge on any atom is 0.242 e. The summed E-state index contributed by atoms with van der Waals surface area (Å²) in [5.41, 5.74) is 0.679. The summed E-state index contributed by atoms with van der Waals surface area (Å²) in [6.45, 7) is 2.14. The summed E-state index contributed by atoms with van der Waals surface area (Å²) in [5, 5.41) is 5.85. The molecule has 2 N–H and O–H groups in total. The molecule has 1 saturated heterocycles. The second kappa shape index (κ2) is 8.93. The molecule has 0 spiro atoms. The molecule has 1 saturated carbocycles. The minimum absolute atomic E-state index is 0.121. The molecule has 3 amide bonds. The van der Waals surface area contributed by atoms with E-state index in [1.165, 1.54) is 12.8 Å². The Hall–Kier alpha value is -2.77. The largest absolute Gasteiger partial charge is 0.454 e. The van der Waals surface area contributed by atoms with Crippen molar-refractivity contribution >= 4 is 23.4 Å². The third-order valence-corrected chi connectivity index (χ3v) is 6.12. The lowest BCUT2D eigenvalue weighted by molar-refractivity contribution is -0.131. The summed E-state index contributed by atoms with van der Waals surface area (Å²) >= 11 is 0. The van der Waals surface area contributed by atoms with Crippen LogP contribution in [0.15, 0.2) is 18.2 Å². The van der Waals surface area contributed by atoms with Crippen LogP contribution in [0.25, 0.3) is 0 Å². The lowest BCUT2D eigenvalue weighted by Gasteiger charge is -2.21. The third-order valence-electron chi connectivity index (χ3n) is 6.12. The first-order chi connectivity index (χ1) is 14.5. The summed E-state index contributed by atoms with van der Waals surface area (Å²) in [4.78, 5) is 39.3. The average molecular weight is 415 g/mol. The van der Waals surface area contributed by atoms with Crippen molar-refractivity contribution in [3.8, 4) is 11.5 Å². The zero-order chi connectivity index (χ0) is 21.1. The number of carbonyl (C=O) groups is 3.